The molecule has 184 valence electrons. The van der Waals surface area contributed by atoms with E-state index < -0.39 is 41.5 Å². The van der Waals surface area contributed by atoms with E-state index in [9.17, 15) is 35.9 Å². The molecule has 0 heterocycles. The highest BCUT2D eigenvalue weighted by Gasteiger charge is 2.37. The third-order valence-electron chi connectivity index (χ3n) is 5.33. The number of anilines is 1. The standard InChI is InChI=1S/C26H21F6NO2/c1-3-4-6-16-9-10-22(24-20(15(2)34)7-5-8-21(16)24)23(35)14-33-19-12-17(25(27,28)29)11-18(13-19)26(30,31)32/h4-13,33H,3,14H2,1-2H3/b6-4+. The van der Waals surface area contributed by atoms with E-state index in [1.807, 2.05) is 19.1 Å². The third kappa shape index (κ3) is 5.90. The summed E-state index contributed by atoms with van der Waals surface area (Å²) >= 11 is 0. The molecule has 0 spiro atoms. The van der Waals surface area contributed by atoms with Gasteiger partial charge in [-0.3, -0.25) is 9.59 Å². The Morgan fingerprint density at radius 2 is 1.51 bits per heavy atom. The van der Waals surface area contributed by atoms with Gasteiger partial charge in [-0.25, -0.2) is 0 Å². The van der Waals surface area contributed by atoms with Crippen molar-refractivity contribution in [3.63, 3.8) is 0 Å². The minimum atomic E-state index is -5.00. The Balaban J connectivity index is 2.02. The Hall–Kier alpha value is -3.62. The van der Waals surface area contributed by atoms with Crippen LogP contribution in [0.2, 0.25) is 0 Å². The molecule has 0 saturated heterocycles. The van der Waals surface area contributed by atoms with Crippen LogP contribution in [0.5, 0.6) is 0 Å². The van der Waals surface area contributed by atoms with Crippen LogP contribution < -0.4 is 5.32 Å². The van der Waals surface area contributed by atoms with Gasteiger partial charge in [0.1, 0.15) is 0 Å². The van der Waals surface area contributed by atoms with Gasteiger partial charge in [-0.1, -0.05) is 49.4 Å². The van der Waals surface area contributed by atoms with Crippen LogP contribution in [-0.2, 0) is 12.4 Å². The molecule has 1 N–H and O–H groups in total. The molecule has 35 heavy (non-hydrogen) atoms. The van der Waals surface area contributed by atoms with Crippen LogP contribution in [0.4, 0.5) is 32.0 Å². The monoisotopic (exact) mass is 493 g/mol. The van der Waals surface area contributed by atoms with Gasteiger partial charge in [0.2, 0.25) is 0 Å². The molecule has 3 aromatic rings. The number of hydrogen-bond acceptors (Lipinski definition) is 3. The van der Waals surface area contributed by atoms with Crippen molar-refractivity contribution in [2.45, 2.75) is 32.6 Å². The van der Waals surface area contributed by atoms with E-state index in [4.69, 9.17) is 0 Å². The topological polar surface area (TPSA) is 46.2 Å². The number of ketones is 2. The molecule has 0 aromatic heterocycles. The fraction of sp³-hybridized carbons (Fsp3) is 0.231. The van der Waals surface area contributed by atoms with Gasteiger partial charge in [0, 0.05) is 22.2 Å². The first-order chi connectivity index (χ1) is 16.3. The summed E-state index contributed by atoms with van der Waals surface area (Å²) in [5.74, 6) is -0.886. The number of carbonyl (C=O) groups excluding carboxylic acids is 2. The van der Waals surface area contributed by atoms with E-state index in [1.165, 1.54) is 13.0 Å². The largest absolute Gasteiger partial charge is 0.416 e. The highest BCUT2D eigenvalue weighted by molar-refractivity contribution is 6.18. The first-order valence-corrected chi connectivity index (χ1v) is 10.6. The SMILES string of the molecule is CC/C=C/c1ccc(C(=O)CNc2cc(C(F)(F)F)cc(C(F)(F)F)c2)c2c(C(C)=O)cccc12. The van der Waals surface area contributed by atoms with Gasteiger partial charge < -0.3 is 5.32 Å². The molecular formula is C26H21F6NO2. The Morgan fingerprint density at radius 1 is 0.886 bits per heavy atom. The lowest BCUT2D eigenvalue weighted by Crippen LogP contribution is -2.17. The lowest BCUT2D eigenvalue weighted by atomic mass is 9.92. The van der Waals surface area contributed by atoms with Crippen LogP contribution in [0, 0.1) is 0 Å². The van der Waals surface area contributed by atoms with Gasteiger partial charge >= 0.3 is 12.4 Å². The molecular weight excluding hydrogens is 472 g/mol. The number of alkyl halides is 6. The first kappa shape index (κ1) is 26.0. The zero-order chi connectivity index (χ0) is 26.0. The molecule has 3 aromatic carbocycles. The summed E-state index contributed by atoms with van der Waals surface area (Å²) in [6, 6.07) is 9.20. The number of fused-ring (bicyclic) bond motifs is 1. The van der Waals surface area contributed by atoms with Crippen LogP contribution >= 0.6 is 0 Å². The minimum Gasteiger partial charge on any atom is -0.378 e. The van der Waals surface area contributed by atoms with Crippen LogP contribution in [0.15, 0.2) is 54.6 Å². The van der Waals surface area contributed by atoms with Gasteiger partial charge in [0.25, 0.3) is 0 Å². The van der Waals surface area contributed by atoms with Crippen molar-refractivity contribution in [2.24, 2.45) is 0 Å². The molecule has 3 nitrogen and oxygen atoms in total. The third-order valence-corrected chi connectivity index (χ3v) is 5.33. The molecule has 9 heteroatoms. The zero-order valence-electron chi connectivity index (χ0n) is 18.8. The van der Waals surface area contributed by atoms with Crippen molar-refractivity contribution in [1.82, 2.24) is 0 Å². The molecule has 0 atom stereocenters. The molecule has 0 saturated carbocycles. The van der Waals surface area contributed by atoms with Crippen LogP contribution in [0.25, 0.3) is 16.8 Å². The Bertz CT molecular complexity index is 1270. The summed E-state index contributed by atoms with van der Waals surface area (Å²) in [7, 11) is 0. The maximum Gasteiger partial charge on any atom is 0.416 e. The summed E-state index contributed by atoms with van der Waals surface area (Å²) < 4.78 is 78.7. The Labute approximate surface area is 197 Å². The van der Waals surface area contributed by atoms with Crippen molar-refractivity contribution in [1.29, 1.82) is 0 Å². The number of halogens is 6. The summed E-state index contributed by atoms with van der Waals surface area (Å²) in [4.78, 5) is 25.3. The average molecular weight is 493 g/mol. The Morgan fingerprint density at radius 3 is 2.06 bits per heavy atom. The van der Waals surface area contributed by atoms with E-state index in [0.717, 1.165) is 12.0 Å². The zero-order valence-corrected chi connectivity index (χ0v) is 18.8. The number of rotatable bonds is 7. The molecule has 0 amide bonds. The number of hydrogen-bond donors (Lipinski definition) is 1. The quantitative estimate of drug-likeness (QED) is 0.270. The van der Waals surface area contributed by atoms with Crippen LogP contribution in [0.1, 0.15) is 57.7 Å². The van der Waals surface area contributed by atoms with Gasteiger partial charge in [-0.05, 0) is 42.5 Å². The summed E-state index contributed by atoms with van der Waals surface area (Å²) in [6.07, 6.45) is -5.49. The number of allylic oxidation sites excluding steroid dienone is 1. The fourth-order valence-electron chi connectivity index (χ4n) is 3.68. The fourth-order valence-corrected chi connectivity index (χ4v) is 3.68. The smallest absolute Gasteiger partial charge is 0.378 e. The Kier molecular flexibility index (Phi) is 7.38. The highest BCUT2D eigenvalue weighted by atomic mass is 19.4. The maximum atomic E-state index is 13.1. The van der Waals surface area contributed by atoms with Gasteiger partial charge in [0.15, 0.2) is 11.6 Å². The molecule has 0 radical (unpaired) electrons. The first-order valence-electron chi connectivity index (χ1n) is 10.6. The second kappa shape index (κ2) is 9.93. The van der Waals surface area contributed by atoms with E-state index in [0.29, 0.717) is 22.9 Å². The maximum absolute atomic E-state index is 13.1. The van der Waals surface area contributed by atoms with E-state index >= 15 is 0 Å². The molecule has 0 aliphatic heterocycles. The predicted molar refractivity (Wildman–Crippen MR) is 123 cm³/mol. The molecule has 0 bridgehead atoms. The lowest BCUT2D eigenvalue weighted by Gasteiger charge is -2.16. The van der Waals surface area contributed by atoms with Gasteiger partial charge in [0.05, 0.1) is 17.7 Å². The normalized spacial score (nSPS) is 12.3. The van der Waals surface area contributed by atoms with Crippen LogP contribution in [-0.4, -0.2) is 18.1 Å². The molecule has 0 fully saturated rings. The number of benzene rings is 3. The van der Waals surface area contributed by atoms with Crippen molar-refractivity contribution in [2.75, 3.05) is 11.9 Å². The average Bonchev–Trinajstić information content (AvgIpc) is 2.79. The van der Waals surface area contributed by atoms with E-state index in [-0.39, 0.29) is 23.0 Å². The van der Waals surface area contributed by atoms with Crippen molar-refractivity contribution < 1.29 is 35.9 Å². The van der Waals surface area contributed by atoms with Gasteiger partial charge in [-0.15, -0.1) is 0 Å². The molecule has 0 aliphatic rings. The van der Waals surface area contributed by atoms with Crippen molar-refractivity contribution in [3.05, 3.63) is 82.4 Å². The second-order valence-electron chi connectivity index (χ2n) is 7.87. The minimum absolute atomic E-state index is 0.0161. The molecule has 0 unspecified atom stereocenters. The van der Waals surface area contributed by atoms with Crippen molar-refractivity contribution >= 4 is 34.1 Å². The highest BCUT2D eigenvalue weighted by Crippen LogP contribution is 2.37. The van der Waals surface area contributed by atoms with Gasteiger partial charge in [-0.2, -0.15) is 26.3 Å². The molecule has 3 rings (SSSR count). The predicted octanol–water partition coefficient (Wildman–Crippen LogP) is 7.80. The molecule has 0 aliphatic carbocycles. The van der Waals surface area contributed by atoms with E-state index in [2.05, 4.69) is 5.32 Å². The number of carbonyl (C=O) groups is 2. The second-order valence-corrected chi connectivity index (χ2v) is 7.87. The van der Waals surface area contributed by atoms with E-state index in [1.54, 1.807) is 24.3 Å². The van der Waals surface area contributed by atoms with Crippen LogP contribution in [0.3, 0.4) is 0 Å². The summed E-state index contributed by atoms with van der Waals surface area (Å²) in [5, 5.41) is 3.39. The number of Topliss-reactive ketones (excluding diaryl/α,β-unsaturated/α-hetero) is 2. The summed E-state index contributed by atoms with van der Waals surface area (Å²) in [5.41, 5.74) is -2.29. The lowest BCUT2D eigenvalue weighted by molar-refractivity contribution is -0.143. The van der Waals surface area contributed by atoms with Crippen molar-refractivity contribution in [3.8, 4) is 0 Å². The summed E-state index contributed by atoms with van der Waals surface area (Å²) in [6.45, 7) is 2.71. The number of nitrogens with one attached hydrogen (secondary N) is 1.